The van der Waals surface area contributed by atoms with Gasteiger partial charge in [0, 0.05) is 26.1 Å². The maximum atomic E-state index is 12.3. The molecule has 0 aliphatic rings. The van der Waals surface area contributed by atoms with E-state index in [1.807, 2.05) is 7.05 Å². The Balaban J connectivity index is 2.58. The fourth-order valence-corrected chi connectivity index (χ4v) is 2.61. The van der Waals surface area contributed by atoms with E-state index < -0.39 is 0 Å². The summed E-state index contributed by atoms with van der Waals surface area (Å²) in [5.41, 5.74) is 9.93. The molecule has 3 nitrogen and oxygen atoms in total. The minimum Gasteiger partial charge on any atom is -0.341 e. The highest BCUT2D eigenvalue weighted by Gasteiger charge is 2.20. The molecule has 1 rings (SSSR count). The third-order valence-electron chi connectivity index (χ3n) is 3.64. The van der Waals surface area contributed by atoms with Gasteiger partial charge in [-0.2, -0.15) is 0 Å². The van der Waals surface area contributed by atoms with Gasteiger partial charge in [0.1, 0.15) is 0 Å². The molecule has 1 atom stereocenters. The molecule has 21 heavy (non-hydrogen) atoms. The van der Waals surface area contributed by atoms with Gasteiger partial charge in [-0.3, -0.25) is 4.79 Å². The fourth-order valence-electron chi connectivity index (χ4n) is 2.61. The Morgan fingerprint density at radius 1 is 1.29 bits per heavy atom. The van der Waals surface area contributed by atoms with E-state index in [0.29, 0.717) is 13.0 Å². The van der Waals surface area contributed by atoms with Crippen molar-refractivity contribution in [3.05, 3.63) is 34.9 Å². The quantitative estimate of drug-likeness (QED) is 0.903. The zero-order valence-electron chi connectivity index (χ0n) is 14.4. The zero-order chi connectivity index (χ0) is 16.2. The van der Waals surface area contributed by atoms with Gasteiger partial charge >= 0.3 is 0 Å². The number of nitrogens with zero attached hydrogens (tertiary/aromatic N) is 1. The summed E-state index contributed by atoms with van der Waals surface area (Å²) in [7, 11) is 1.85. The molecular formula is C18H30N2O. The number of rotatable bonds is 5. The van der Waals surface area contributed by atoms with Crippen molar-refractivity contribution in [1.29, 1.82) is 0 Å². The molecule has 0 fully saturated rings. The normalized spacial score (nSPS) is 13.1. The molecule has 1 unspecified atom stereocenters. The Hall–Kier alpha value is -1.35. The van der Waals surface area contributed by atoms with Gasteiger partial charge in [-0.1, -0.05) is 44.5 Å². The molecule has 1 aromatic carbocycles. The molecule has 0 saturated heterocycles. The van der Waals surface area contributed by atoms with E-state index in [-0.39, 0.29) is 17.4 Å². The maximum absolute atomic E-state index is 12.3. The Labute approximate surface area is 129 Å². The summed E-state index contributed by atoms with van der Waals surface area (Å²) >= 11 is 0. The molecule has 3 heteroatoms. The van der Waals surface area contributed by atoms with Gasteiger partial charge in [-0.05, 0) is 36.8 Å². The smallest absolute Gasteiger partial charge is 0.224 e. The molecule has 0 heterocycles. The first-order valence-corrected chi connectivity index (χ1v) is 7.64. The number of benzene rings is 1. The standard InChI is InChI=1S/C18H30N2O/c1-13-7-8-15(14(2)9-13)12-20(6)17(21)10-16(19)11-18(3,4)5/h7-9,16H,10-12,19H2,1-6H3. The van der Waals surface area contributed by atoms with E-state index in [4.69, 9.17) is 5.73 Å². The summed E-state index contributed by atoms with van der Waals surface area (Å²) in [5.74, 6) is 0.117. The van der Waals surface area contributed by atoms with Crippen LogP contribution in [0.5, 0.6) is 0 Å². The number of carbonyl (C=O) groups excluding carboxylic acids is 1. The van der Waals surface area contributed by atoms with Gasteiger partial charge in [0.15, 0.2) is 0 Å². The average Bonchev–Trinajstić information content (AvgIpc) is 2.29. The number of nitrogens with two attached hydrogens (primary N) is 1. The Kier molecular flexibility index (Phi) is 5.97. The molecule has 0 spiro atoms. The lowest BCUT2D eigenvalue weighted by Gasteiger charge is -2.25. The van der Waals surface area contributed by atoms with Crippen molar-refractivity contribution >= 4 is 5.91 Å². The molecule has 2 N–H and O–H groups in total. The molecule has 0 saturated carbocycles. The van der Waals surface area contributed by atoms with Crippen LogP contribution in [-0.4, -0.2) is 23.9 Å². The zero-order valence-corrected chi connectivity index (χ0v) is 14.4. The van der Waals surface area contributed by atoms with Crippen molar-refractivity contribution in [1.82, 2.24) is 4.90 Å². The van der Waals surface area contributed by atoms with Crippen LogP contribution in [0.4, 0.5) is 0 Å². The van der Waals surface area contributed by atoms with Crippen molar-refractivity contribution in [3.63, 3.8) is 0 Å². The predicted octanol–water partition coefficient (Wildman–Crippen LogP) is 3.42. The minimum atomic E-state index is -0.0703. The van der Waals surface area contributed by atoms with Gasteiger partial charge in [0.05, 0.1) is 0 Å². The Morgan fingerprint density at radius 2 is 1.90 bits per heavy atom. The van der Waals surface area contributed by atoms with E-state index in [0.717, 1.165) is 6.42 Å². The van der Waals surface area contributed by atoms with Crippen molar-refractivity contribution in [2.45, 2.75) is 60.0 Å². The second-order valence-electron chi connectivity index (χ2n) is 7.41. The van der Waals surface area contributed by atoms with E-state index in [1.165, 1.54) is 16.7 Å². The minimum absolute atomic E-state index is 0.0703. The number of amides is 1. The predicted molar refractivity (Wildman–Crippen MR) is 89.1 cm³/mol. The average molecular weight is 290 g/mol. The van der Waals surface area contributed by atoms with E-state index in [2.05, 4.69) is 52.8 Å². The number of aryl methyl sites for hydroxylation is 2. The third kappa shape index (κ3) is 6.30. The van der Waals surface area contributed by atoms with Gasteiger partial charge in [0.25, 0.3) is 0 Å². The highest BCUT2D eigenvalue weighted by molar-refractivity contribution is 5.76. The van der Waals surface area contributed by atoms with Gasteiger partial charge in [-0.15, -0.1) is 0 Å². The summed E-state index contributed by atoms with van der Waals surface area (Å²) in [4.78, 5) is 14.0. The van der Waals surface area contributed by atoms with Crippen LogP contribution in [0.15, 0.2) is 18.2 Å². The molecule has 1 amide bonds. The van der Waals surface area contributed by atoms with Crippen molar-refractivity contribution < 1.29 is 4.79 Å². The second kappa shape index (κ2) is 7.08. The summed E-state index contributed by atoms with van der Waals surface area (Å²) in [5, 5.41) is 0. The van der Waals surface area contributed by atoms with Crippen molar-refractivity contribution in [3.8, 4) is 0 Å². The lowest BCUT2D eigenvalue weighted by molar-refractivity contribution is -0.130. The summed E-state index contributed by atoms with van der Waals surface area (Å²) in [6, 6.07) is 6.27. The van der Waals surface area contributed by atoms with Crippen LogP contribution in [0.3, 0.4) is 0 Å². The SMILES string of the molecule is Cc1ccc(CN(C)C(=O)CC(N)CC(C)(C)C)c(C)c1. The van der Waals surface area contributed by atoms with Gasteiger partial charge in [0.2, 0.25) is 5.91 Å². The van der Waals surface area contributed by atoms with E-state index >= 15 is 0 Å². The first-order chi connectivity index (χ1) is 9.58. The number of hydrogen-bond acceptors (Lipinski definition) is 2. The van der Waals surface area contributed by atoms with E-state index in [9.17, 15) is 4.79 Å². The Bertz CT molecular complexity index is 488. The highest BCUT2D eigenvalue weighted by Crippen LogP contribution is 2.21. The molecule has 0 aliphatic carbocycles. The van der Waals surface area contributed by atoms with Gasteiger partial charge < -0.3 is 10.6 Å². The van der Waals surface area contributed by atoms with E-state index in [1.54, 1.807) is 4.90 Å². The highest BCUT2D eigenvalue weighted by atomic mass is 16.2. The van der Waals surface area contributed by atoms with Crippen LogP contribution in [0.25, 0.3) is 0 Å². The molecule has 118 valence electrons. The Morgan fingerprint density at radius 3 is 2.43 bits per heavy atom. The van der Waals surface area contributed by atoms with Crippen LogP contribution >= 0.6 is 0 Å². The summed E-state index contributed by atoms with van der Waals surface area (Å²) in [6.07, 6.45) is 1.27. The third-order valence-corrected chi connectivity index (χ3v) is 3.64. The lowest BCUT2D eigenvalue weighted by atomic mass is 9.87. The monoisotopic (exact) mass is 290 g/mol. The number of hydrogen-bond donors (Lipinski definition) is 1. The lowest BCUT2D eigenvalue weighted by Crippen LogP contribution is -2.35. The number of carbonyl (C=O) groups is 1. The molecule has 0 aromatic heterocycles. The first kappa shape index (κ1) is 17.7. The van der Waals surface area contributed by atoms with Gasteiger partial charge in [-0.25, -0.2) is 0 Å². The van der Waals surface area contributed by atoms with Crippen LogP contribution < -0.4 is 5.73 Å². The largest absolute Gasteiger partial charge is 0.341 e. The topological polar surface area (TPSA) is 46.3 Å². The molecule has 0 radical (unpaired) electrons. The molecule has 0 aliphatic heterocycles. The van der Waals surface area contributed by atoms with Crippen molar-refractivity contribution in [2.75, 3.05) is 7.05 Å². The first-order valence-electron chi connectivity index (χ1n) is 7.64. The summed E-state index contributed by atoms with van der Waals surface area (Å²) in [6.45, 7) is 11.3. The van der Waals surface area contributed by atoms with Crippen molar-refractivity contribution in [2.24, 2.45) is 11.1 Å². The molecule has 1 aromatic rings. The second-order valence-corrected chi connectivity index (χ2v) is 7.41. The fraction of sp³-hybridized carbons (Fsp3) is 0.611. The summed E-state index contributed by atoms with van der Waals surface area (Å²) < 4.78 is 0. The van der Waals surface area contributed by atoms with Crippen LogP contribution in [0.1, 0.15) is 50.3 Å². The molecule has 0 bridgehead atoms. The van der Waals surface area contributed by atoms with Crippen LogP contribution in [0, 0.1) is 19.3 Å². The van der Waals surface area contributed by atoms with Crippen LogP contribution in [-0.2, 0) is 11.3 Å². The maximum Gasteiger partial charge on any atom is 0.224 e. The van der Waals surface area contributed by atoms with Crippen LogP contribution in [0.2, 0.25) is 0 Å². The molecular weight excluding hydrogens is 260 g/mol.